The molecular weight excluding hydrogens is 599 g/mol. The van der Waals surface area contributed by atoms with E-state index in [-0.39, 0.29) is 0 Å². The van der Waals surface area contributed by atoms with Crippen molar-refractivity contribution in [1.82, 2.24) is 34.6 Å². The number of benzene rings is 1. The van der Waals surface area contributed by atoms with Crippen LogP contribution in [-0.2, 0) is 29.5 Å². The largest absolute Gasteiger partial charge is 0.497 e. The van der Waals surface area contributed by atoms with E-state index < -0.39 is 16.1 Å². The van der Waals surface area contributed by atoms with Crippen molar-refractivity contribution in [2.24, 2.45) is 0 Å². The van der Waals surface area contributed by atoms with Crippen LogP contribution < -0.4 is 10.1 Å². The van der Waals surface area contributed by atoms with Crippen LogP contribution in [0.2, 0.25) is 51.4 Å². The monoisotopic (exact) mass is 645 g/mol. The average Bonchev–Trinajstić information content (AvgIpc) is 3.54. The molecule has 0 aliphatic carbocycles. The first-order chi connectivity index (χ1) is 21.5. The molecule has 1 aromatic carbocycles. The highest BCUT2D eigenvalue weighted by Crippen LogP contribution is 2.33. The number of nitrogens with one attached hydrogen (secondary N) is 1. The highest BCUT2D eigenvalue weighted by molar-refractivity contribution is 6.76. The summed E-state index contributed by atoms with van der Waals surface area (Å²) in [5.41, 5.74) is 6.32. The van der Waals surface area contributed by atoms with Gasteiger partial charge in [0.15, 0.2) is 11.5 Å². The molecule has 0 saturated heterocycles. The molecule has 5 aromatic rings. The Bertz CT molecular complexity index is 1760. The minimum atomic E-state index is -1.25. The van der Waals surface area contributed by atoms with Gasteiger partial charge in [-0.25, -0.2) is 14.6 Å². The van der Waals surface area contributed by atoms with E-state index in [1.165, 1.54) is 0 Å². The van der Waals surface area contributed by atoms with Gasteiger partial charge in [-0.1, -0.05) is 39.3 Å². The number of nitrogens with zero attached hydrogens (tertiary/aromatic N) is 6. The Morgan fingerprint density at radius 1 is 0.844 bits per heavy atom. The van der Waals surface area contributed by atoms with Gasteiger partial charge in [0, 0.05) is 71.7 Å². The summed E-state index contributed by atoms with van der Waals surface area (Å²) < 4.78 is 22.0. The molecule has 0 fully saturated rings. The normalized spacial score (nSPS) is 12.4. The SMILES string of the molecule is CNCc1cncc(-c2cnc3c(c2)c(-c2nc4ccc(OC)cc4n2COCC[Si](C)(C)C)nn3COCC[Si](C)(C)C)c1. The fourth-order valence-corrected chi connectivity index (χ4v) is 6.54. The highest BCUT2D eigenvalue weighted by Gasteiger charge is 2.23. The zero-order chi connectivity index (χ0) is 32.2. The number of ether oxygens (including phenoxy) is 3. The molecule has 4 heterocycles. The van der Waals surface area contributed by atoms with Gasteiger partial charge < -0.3 is 19.5 Å². The molecule has 0 aliphatic rings. The van der Waals surface area contributed by atoms with E-state index in [9.17, 15) is 0 Å². The summed E-state index contributed by atoms with van der Waals surface area (Å²) in [6, 6.07) is 12.4. The minimum Gasteiger partial charge on any atom is -0.497 e. The van der Waals surface area contributed by atoms with Crippen molar-refractivity contribution in [2.75, 3.05) is 27.4 Å². The molecule has 0 spiro atoms. The lowest BCUT2D eigenvalue weighted by molar-refractivity contribution is 0.0812. The van der Waals surface area contributed by atoms with E-state index in [1.54, 1.807) is 7.11 Å². The van der Waals surface area contributed by atoms with E-state index in [1.807, 2.05) is 48.5 Å². The fraction of sp³-hybridized carbons (Fsp3) is 0.455. The van der Waals surface area contributed by atoms with Gasteiger partial charge in [0.25, 0.3) is 0 Å². The van der Waals surface area contributed by atoms with E-state index in [4.69, 9.17) is 29.3 Å². The lowest BCUT2D eigenvalue weighted by atomic mass is 10.1. The Labute approximate surface area is 268 Å². The third-order valence-electron chi connectivity index (χ3n) is 7.69. The first-order valence-electron chi connectivity index (χ1n) is 15.6. The Morgan fingerprint density at radius 3 is 2.24 bits per heavy atom. The van der Waals surface area contributed by atoms with Crippen LogP contribution in [0.1, 0.15) is 5.56 Å². The molecule has 10 nitrogen and oxygen atoms in total. The Hall–Kier alpha value is -3.43. The van der Waals surface area contributed by atoms with Crippen LogP contribution in [0.5, 0.6) is 5.75 Å². The van der Waals surface area contributed by atoms with E-state index in [2.05, 4.69) is 66.3 Å². The molecule has 240 valence electrons. The van der Waals surface area contributed by atoms with E-state index >= 15 is 0 Å². The first-order valence-corrected chi connectivity index (χ1v) is 23.0. The summed E-state index contributed by atoms with van der Waals surface area (Å²) in [7, 11) is 1.13. The number of hydrogen-bond donors (Lipinski definition) is 1. The second kappa shape index (κ2) is 13.9. The predicted molar refractivity (Wildman–Crippen MR) is 187 cm³/mol. The standard InChI is InChI=1S/C33H47N7O3Si2/c1-34-18-24-15-25(20-35-19-24)26-16-28-31(38-40(32(28)36-21-26)23-43-12-14-45(6,7)8)33-37-29-10-9-27(41-2)17-30(29)39(33)22-42-11-13-44(3,4)5/h9-10,15-17,19-21,34H,11-14,18,22-23H2,1-8H3. The average molecular weight is 646 g/mol. The van der Waals surface area contributed by atoms with Crippen molar-refractivity contribution in [3.8, 4) is 28.4 Å². The highest BCUT2D eigenvalue weighted by atomic mass is 28.3. The number of hydrogen-bond acceptors (Lipinski definition) is 8. The molecular formula is C33H47N7O3Si2. The van der Waals surface area contributed by atoms with Crippen LogP contribution in [0.25, 0.3) is 44.7 Å². The molecule has 1 N–H and O–H groups in total. The summed E-state index contributed by atoms with van der Waals surface area (Å²) in [6.07, 6.45) is 5.64. The van der Waals surface area contributed by atoms with Crippen molar-refractivity contribution in [3.05, 3.63) is 54.5 Å². The van der Waals surface area contributed by atoms with E-state index in [0.29, 0.717) is 26.7 Å². The number of aromatic nitrogens is 6. The quantitative estimate of drug-likeness (QED) is 0.0973. The zero-order valence-corrected chi connectivity index (χ0v) is 30.0. The molecule has 5 rings (SSSR count). The Balaban J connectivity index is 1.61. The number of fused-ring (bicyclic) bond motifs is 2. The molecule has 0 unspecified atom stereocenters. The summed E-state index contributed by atoms with van der Waals surface area (Å²) in [5.74, 6) is 1.49. The van der Waals surface area contributed by atoms with Crippen LogP contribution in [0.15, 0.2) is 48.9 Å². The van der Waals surface area contributed by atoms with Crippen LogP contribution >= 0.6 is 0 Å². The molecule has 0 bridgehead atoms. The maximum absolute atomic E-state index is 6.29. The van der Waals surface area contributed by atoms with Gasteiger partial charge in [-0.05, 0) is 49.0 Å². The van der Waals surface area contributed by atoms with Crippen LogP contribution in [0.3, 0.4) is 0 Å². The van der Waals surface area contributed by atoms with Gasteiger partial charge in [-0.15, -0.1) is 0 Å². The molecule has 0 radical (unpaired) electrons. The Morgan fingerprint density at radius 2 is 1.56 bits per heavy atom. The molecule has 45 heavy (non-hydrogen) atoms. The van der Waals surface area contributed by atoms with Crippen LogP contribution in [0.4, 0.5) is 0 Å². The summed E-state index contributed by atoms with van der Waals surface area (Å²) in [4.78, 5) is 14.5. The number of pyridine rings is 2. The summed E-state index contributed by atoms with van der Waals surface area (Å²) >= 11 is 0. The van der Waals surface area contributed by atoms with Crippen molar-refractivity contribution >= 4 is 38.2 Å². The zero-order valence-electron chi connectivity index (χ0n) is 28.0. The van der Waals surface area contributed by atoms with Gasteiger partial charge in [0.1, 0.15) is 24.9 Å². The third kappa shape index (κ3) is 8.24. The molecule has 0 atom stereocenters. The fourth-order valence-electron chi connectivity index (χ4n) is 5.02. The van der Waals surface area contributed by atoms with E-state index in [0.717, 1.165) is 74.7 Å². The van der Waals surface area contributed by atoms with Gasteiger partial charge in [-0.3, -0.25) is 9.55 Å². The lowest BCUT2D eigenvalue weighted by Crippen LogP contribution is -2.22. The lowest BCUT2D eigenvalue weighted by Gasteiger charge is -2.16. The minimum absolute atomic E-state index is 0.313. The third-order valence-corrected chi connectivity index (χ3v) is 11.1. The first kappa shape index (κ1) is 33.0. The second-order valence-corrected chi connectivity index (χ2v) is 25.2. The van der Waals surface area contributed by atoms with Crippen molar-refractivity contribution in [1.29, 1.82) is 0 Å². The van der Waals surface area contributed by atoms with Gasteiger partial charge in [-0.2, -0.15) is 5.10 Å². The predicted octanol–water partition coefficient (Wildman–Crippen LogP) is 6.86. The number of imidazole rings is 1. The topological polar surface area (TPSA) is 101 Å². The maximum Gasteiger partial charge on any atom is 0.164 e. The number of methoxy groups -OCH3 is 1. The van der Waals surface area contributed by atoms with Crippen LogP contribution in [-0.4, -0.2) is 72.8 Å². The molecule has 0 aliphatic heterocycles. The molecule has 12 heteroatoms. The van der Waals surface area contributed by atoms with Crippen LogP contribution in [0, 0.1) is 0 Å². The summed E-state index contributed by atoms with van der Waals surface area (Å²) in [6.45, 7) is 16.9. The van der Waals surface area contributed by atoms with Gasteiger partial charge in [0.2, 0.25) is 0 Å². The summed E-state index contributed by atoms with van der Waals surface area (Å²) in [5, 5.41) is 9.19. The second-order valence-electron chi connectivity index (χ2n) is 14.0. The van der Waals surface area contributed by atoms with Gasteiger partial charge in [0.05, 0.1) is 23.5 Å². The molecule has 0 saturated carbocycles. The number of rotatable bonds is 15. The molecule has 4 aromatic heterocycles. The van der Waals surface area contributed by atoms with Gasteiger partial charge >= 0.3 is 0 Å². The molecule has 0 amide bonds. The van der Waals surface area contributed by atoms with Crippen molar-refractivity contribution in [2.45, 2.75) is 71.4 Å². The maximum atomic E-state index is 6.29. The Kier molecular flexibility index (Phi) is 10.2. The van der Waals surface area contributed by atoms with Crippen molar-refractivity contribution < 1.29 is 14.2 Å². The van der Waals surface area contributed by atoms with Crippen molar-refractivity contribution in [3.63, 3.8) is 0 Å². The smallest absolute Gasteiger partial charge is 0.164 e.